The molecule has 46 heavy (non-hydrogen) atoms. The lowest BCUT2D eigenvalue weighted by Gasteiger charge is -2.37. The molecule has 0 saturated heterocycles. The maximum absolute atomic E-state index is 13.0. The summed E-state index contributed by atoms with van der Waals surface area (Å²) in [5, 5.41) is 69.2. The lowest BCUT2D eigenvalue weighted by atomic mass is 9.66. The van der Waals surface area contributed by atoms with Crippen molar-refractivity contribution in [1.82, 2.24) is 0 Å². The van der Waals surface area contributed by atoms with E-state index in [9.17, 15) is 35.1 Å². The molecule has 10 heteroatoms. The first kappa shape index (κ1) is 31.8. The molecule has 7 N–H and O–H groups in total. The van der Waals surface area contributed by atoms with Gasteiger partial charge in [0.1, 0.15) is 57.9 Å². The predicted octanol–water partition coefficient (Wildman–Crippen LogP) is 6.44. The number of phenols is 7. The van der Waals surface area contributed by atoms with Crippen LogP contribution in [-0.2, 0) is 4.79 Å². The molecule has 0 amide bonds. The summed E-state index contributed by atoms with van der Waals surface area (Å²) in [7, 11) is 0. The second kappa shape index (κ2) is 12.8. The summed E-state index contributed by atoms with van der Waals surface area (Å²) in [5.74, 6) is -2.47. The van der Waals surface area contributed by atoms with E-state index >= 15 is 0 Å². The van der Waals surface area contributed by atoms with E-state index in [4.69, 9.17) is 14.9 Å². The van der Waals surface area contributed by atoms with Crippen molar-refractivity contribution in [1.29, 1.82) is 0 Å². The molecule has 1 aliphatic carbocycles. The van der Waals surface area contributed by atoms with Gasteiger partial charge in [-0.2, -0.15) is 0 Å². The number of hydrogen-bond donors (Lipinski definition) is 7. The Hall–Kier alpha value is -5.64. The number of hydrogen-bond acceptors (Lipinski definition) is 10. The highest BCUT2D eigenvalue weighted by Gasteiger charge is 2.40. The Morgan fingerprint density at radius 3 is 1.93 bits per heavy atom. The van der Waals surface area contributed by atoms with Gasteiger partial charge in [0.15, 0.2) is 5.78 Å². The fourth-order valence-electron chi connectivity index (χ4n) is 6.29. The van der Waals surface area contributed by atoms with Crippen LogP contribution in [0.4, 0.5) is 0 Å². The minimum atomic E-state index is -0.877. The van der Waals surface area contributed by atoms with Crippen molar-refractivity contribution in [2.45, 2.75) is 44.6 Å². The van der Waals surface area contributed by atoms with E-state index in [1.165, 1.54) is 61.5 Å². The van der Waals surface area contributed by atoms with Gasteiger partial charge in [0.2, 0.25) is 0 Å². The number of carbonyl (C=O) groups excluding carboxylic acids is 2. The average Bonchev–Trinajstić information content (AvgIpc) is 2.96. The highest BCUT2D eigenvalue weighted by molar-refractivity contribution is 6.00. The molecule has 4 unspecified atom stereocenters. The monoisotopic (exact) mass is 626 g/mol. The SMILES string of the molecule is CC(=O)C1C(c2cc(C3CC(=O)c4ccc(O)cc4O3)c(O)cc2O)C=C(C)CC1c1ccc(O)cc1O.Oc1cccc(O)c1. The molecule has 2 aliphatic rings. The summed E-state index contributed by atoms with van der Waals surface area (Å²) in [6.45, 7) is 3.36. The highest BCUT2D eigenvalue weighted by Crippen LogP contribution is 2.51. The molecule has 4 aromatic carbocycles. The predicted molar refractivity (Wildman–Crippen MR) is 168 cm³/mol. The number of carbonyl (C=O) groups is 2. The quantitative estimate of drug-likeness (QED) is 0.124. The Kier molecular flexibility index (Phi) is 8.82. The lowest BCUT2D eigenvalue weighted by molar-refractivity contribution is -0.122. The van der Waals surface area contributed by atoms with Crippen LogP contribution in [0, 0.1) is 5.92 Å². The number of phenolic OH excluding ortho intramolecular Hbond substituents is 7. The summed E-state index contributed by atoms with van der Waals surface area (Å²) in [6, 6.07) is 17.1. The third-order valence-electron chi connectivity index (χ3n) is 8.33. The normalized spacial score (nSPS) is 20.4. The summed E-state index contributed by atoms with van der Waals surface area (Å²) in [6.07, 6.45) is 1.45. The van der Waals surface area contributed by atoms with Gasteiger partial charge in [-0.05, 0) is 62.2 Å². The molecular formula is C36H34O10. The van der Waals surface area contributed by atoms with E-state index in [2.05, 4.69) is 0 Å². The fourth-order valence-corrected chi connectivity index (χ4v) is 6.29. The van der Waals surface area contributed by atoms with E-state index < -0.39 is 23.9 Å². The standard InChI is InChI=1S/C30H28O8.C6H6O2/c1-14-7-21(18-5-3-16(32)9-24(18)34)30(15(2)31)22(8-14)20-11-23(26(36)12-25(20)35)29-13-27(37)19-6-4-17(33)10-28(19)38-29;7-5-2-1-3-6(8)4-5/h3-6,8-12,21-22,29-30,32-36H,7,13H2,1-2H3;1-4,7-8H. The second-order valence-corrected chi connectivity index (χ2v) is 11.6. The maximum atomic E-state index is 13.0. The summed E-state index contributed by atoms with van der Waals surface area (Å²) < 4.78 is 5.98. The van der Waals surface area contributed by atoms with Crippen molar-refractivity contribution >= 4 is 11.6 Å². The van der Waals surface area contributed by atoms with Crippen LogP contribution in [0.15, 0.2) is 84.4 Å². The Morgan fingerprint density at radius 1 is 0.696 bits per heavy atom. The average molecular weight is 627 g/mol. The minimum Gasteiger partial charge on any atom is -0.508 e. The van der Waals surface area contributed by atoms with Crippen LogP contribution in [0.5, 0.6) is 46.0 Å². The molecule has 4 atom stereocenters. The number of aromatic hydroxyl groups is 7. The molecule has 10 nitrogen and oxygen atoms in total. The van der Waals surface area contributed by atoms with Gasteiger partial charge in [0.25, 0.3) is 0 Å². The largest absolute Gasteiger partial charge is 0.508 e. The summed E-state index contributed by atoms with van der Waals surface area (Å²) in [5.41, 5.74) is 2.42. The van der Waals surface area contributed by atoms with Crippen molar-refractivity contribution in [3.63, 3.8) is 0 Å². The molecule has 6 rings (SSSR count). The van der Waals surface area contributed by atoms with E-state index in [0.717, 1.165) is 5.57 Å². The number of ether oxygens (including phenoxy) is 1. The lowest BCUT2D eigenvalue weighted by Crippen LogP contribution is -2.30. The van der Waals surface area contributed by atoms with Gasteiger partial charge in [-0.25, -0.2) is 0 Å². The van der Waals surface area contributed by atoms with Gasteiger partial charge in [0, 0.05) is 53.1 Å². The van der Waals surface area contributed by atoms with Crippen LogP contribution in [-0.4, -0.2) is 47.3 Å². The second-order valence-electron chi connectivity index (χ2n) is 11.6. The van der Waals surface area contributed by atoms with E-state index in [-0.39, 0.29) is 69.5 Å². The van der Waals surface area contributed by atoms with Crippen molar-refractivity contribution < 1.29 is 50.1 Å². The Balaban J connectivity index is 0.000000455. The summed E-state index contributed by atoms with van der Waals surface area (Å²) in [4.78, 5) is 25.8. The van der Waals surface area contributed by atoms with Crippen LogP contribution in [0.1, 0.15) is 71.7 Å². The summed E-state index contributed by atoms with van der Waals surface area (Å²) >= 11 is 0. The smallest absolute Gasteiger partial charge is 0.170 e. The third-order valence-corrected chi connectivity index (χ3v) is 8.33. The van der Waals surface area contributed by atoms with Crippen LogP contribution < -0.4 is 4.74 Å². The Morgan fingerprint density at radius 2 is 1.30 bits per heavy atom. The molecule has 1 heterocycles. The zero-order chi connectivity index (χ0) is 33.3. The molecule has 0 radical (unpaired) electrons. The fraction of sp³-hybridized carbons (Fsp3) is 0.222. The first-order chi connectivity index (χ1) is 21.8. The van der Waals surface area contributed by atoms with Crippen LogP contribution in [0.2, 0.25) is 0 Å². The molecule has 0 bridgehead atoms. The van der Waals surface area contributed by atoms with E-state index in [1.807, 2.05) is 13.0 Å². The first-order valence-electron chi connectivity index (χ1n) is 14.6. The number of allylic oxidation sites excluding steroid dienone is 2. The topological polar surface area (TPSA) is 185 Å². The molecule has 4 aromatic rings. The molecule has 238 valence electrons. The van der Waals surface area contributed by atoms with E-state index in [0.29, 0.717) is 23.1 Å². The van der Waals surface area contributed by atoms with Gasteiger partial charge in [-0.1, -0.05) is 23.8 Å². The van der Waals surface area contributed by atoms with Crippen LogP contribution >= 0.6 is 0 Å². The Labute approximate surface area is 264 Å². The van der Waals surface area contributed by atoms with Gasteiger partial charge >= 0.3 is 0 Å². The van der Waals surface area contributed by atoms with Crippen LogP contribution in [0.25, 0.3) is 0 Å². The van der Waals surface area contributed by atoms with Gasteiger partial charge in [0.05, 0.1) is 12.0 Å². The van der Waals surface area contributed by atoms with Gasteiger partial charge < -0.3 is 40.5 Å². The molecule has 0 fully saturated rings. The number of Topliss-reactive ketones (excluding diaryl/α,β-unsaturated/α-hetero) is 2. The molecule has 0 spiro atoms. The number of ketones is 2. The minimum absolute atomic E-state index is 0.0603. The van der Waals surface area contributed by atoms with Crippen molar-refractivity contribution in [3.05, 3.63) is 107 Å². The number of benzene rings is 4. The van der Waals surface area contributed by atoms with Crippen molar-refractivity contribution in [2.24, 2.45) is 5.92 Å². The zero-order valence-corrected chi connectivity index (χ0v) is 25.1. The number of fused-ring (bicyclic) bond motifs is 1. The third kappa shape index (κ3) is 6.56. The maximum Gasteiger partial charge on any atom is 0.170 e. The molecule has 0 saturated carbocycles. The van der Waals surface area contributed by atoms with Gasteiger partial charge in [-0.3, -0.25) is 9.59 Å². The van der Waals surface area contributed by atoms with Gasteiger partial charge in [-0.15, -0.1) is 0 Å². The van der Waals surface area contributed by atoms with Crippen molar-refractivity contribution in [3.8, 4) is 46.0 Å². The zero-order valence-electron chi connectivity index (χ0n) is 25.1. The van der Waals surface area contributed by atoms with Crippen molar-refractivity contribution in [2.75, 3.05) is 0 Å². The Bertz CT molecular complexity index is 1830. The van der Waals surface area contributed by atoms with Crippen LogP contribution in [0.3, 0.4) is 0 Å². The molecular weight excluding hydrogens is 592 g/mol. The molecule has 0 aromatic heterocycles. The highest BCUT2D eigenvalue weighted by atomic mass is 16.5. The molecule has 1 aliphatic heterocycles. The first-order valence-corrected chi connectivity index (χ1v) is 14.6. The van der Waals surface area contributed by atoms with E-state index in [1.54, 1.807) is 18.2 Å². The number of rotatable bonds is 4.